The molecule has 0 saturated carbocycles. The Morgan fingerprint density at radius 1 is 1.08 bits per heavy atom. The van der Waals surface area contributed by atoms with Gasteiger partial charge in [-0.1, -0.05) is 33.1 Å². The highest BCUT2D eigenvalue weighted by Crippen LogP contribution is 2.30. The number of carbonyl (C=O) groups is 1. The van der Waals surface area contributed by atoms with Gasteiger partial charge in [0.2, 0.25) is 0 Å². The second-order valence-corrected chi connectivity index (χ2v) is 7.01. The minimum absolute atomic E-state index is 0.0885. The van der Waals surface area contributed by atoms with Crippen LogP contribution in [-0.2, 0) is 4.74 Å². The lowest BCUT2D eigenvalue weighted by atomic mass is 10.1. The molecule has 2 aromatic rings. The number of rotatable bonds is 3. The lowest BCUT2D eigenvalue weighted by molar-refractivity contribution is 0.102. The average Bonchev–Trinajstić information content (AvgIpc) is 2.55. The average molecular weight is 389 g/mol. The maximum atomic E-state index is 12.7. The first kappa shape index (κ1) is 17.0. The third-order valence-corrected chi connectivity index (χ3v) is 4.54. The molecule has 0 spiro atoms. The molecule has 1 heterocycles. The van der Waals surface area contributed by atoms with E-state index in [4.69, 9.17) is 4.74 Å². The summed E-state index contributed by atoms with van der Waals surface area (Å²) in [6.07, 6.45) is 0. The van der Waals surface area contributed by atoms with Crippen molar-refractivity contribution in [3.63, 3.8) is 0 Å². The highest BCUT2D eigenvalue weighted by atomic mass is 79.9. The van der Waals surface area contributed by atoms with Crippen LogP contribution < -0.4 is 10.2 Å². The zero-order valence-corrected chi connectivity index (χ0v) is 15.5. The molecule has 0 aromatic heterocycles. The molecule has 3 rings (SSSR count). The molecular formula is C19H21BrN2O2. The molecule has 126 valence electrons. The first-order chi connectivity index (χ1) is 11.5. The Balaban J connectivity index is 1.88. The summed E-state index contributed by atoms with van der Waals surface area (Å²) in [7, 11) is 0. The van der Waals surface area contributed by atoms with E-state index in [1.165, 1.54) is 0 Å². The van der Waals surface area contributed by atoms with Crippen LogP contribution in [0.5, 0.6) is 0 Å². The number of carbonyl (C=O) groups excluding carboxylic acids is 1. The van der Waals surface area contributed by atoms with Crippen LogP contribution in [-0.4, -0.2) is 32.2 Å². The fourth-order valence-electron chi connectivity index (χ4n) is 2.99. The van der Waals surface area contributed by atoms with E-state index >= 15 is 0 Å². The number of morpholine rings is 1. The Bertz CT molecular complexity index is 735. The summed E-state index contributed by atoms with van der Waals surface area (Å²) < 4.78 is 6.36. The third kappa shape index (κ3) is 3.97. The standard InChI is InChI=1S/C19H21BrN2O2/c1-13-9-14(2)11-15(10-13)19(23)21-17-12-16(20)3-4-18(17)22-5-7-24-8-6-22/h3-4,9-12H,5-8H2,1-2H3,(H,21,23). The molecule has 24 heavy (non-hydrogen) atoms. The van der Waals surface area contributed by atoms with E-state index in [2.05, 4.69) is 32.2 Å². The first-order valence-electron chi connectivity index (χ1n) is 8.05. The second-order valence-electron chi connectivity index (χ2n) is 6.09. The molecule has 0 aliphatic carbocycles. The number of hydrogen-bond acceptors (Lipinski definition) is 3. The summed E-state index contributed by atoms with van der Waals surface area (Å²) in [6.45, 7) is 7.08. The maximum absolute atomic E-state index is 12.7. The number of ether oxygens (including phenoxy) is 1. The molecule has 0 radical (unpaired) electrons. The molecule has 2 aromatic carbocycles. The monoisotopic (exact) mass is 388 g/mol. The zero-order valence-electron chi connectivity index (χ0n) is 13.9. The van der Waals surface area contributed by atoms with E-state index in [9.17, 15) is 4.79 Å². The van der Waals surface area contributed by atoms with Gasteiger partial charge in [0.25, 0.3) is 5.91 Å². The summed E-state index contributed by atoms with van der Waals surface area (Å²) >= 11 is 3.50. The van der Waals surface area contributed by atoms with Gasteiger partial charge in [-0.2, -0.15) is 0 Å². The van der Waals surface area contributed by atoms with Gasteiger partial charge in [-0.05, 0) is 44.2 Å². The highest BCUT2D eigenvalue weighted by molar-refractivity contribution is 9.10. The van der Waals surface area contributed by atoms with Gasteiger partial charge in [-0.15, -0.1) is 0 Å². The Kier molecular flexibility index (Phi) is 5.21. The van der Waals surface area contributed by atoms with E-state index in [0.29, 0.717) is 18.8 Å². The number of aryl methyl sites for hydroxylation is 2. The molecule has 0 unspecified atom stereocenters. The number of anilines is 2. The highest BCUT2D eigenvalue weighted by Gasteiger charge is 2.17. The van der Waals surface area contributed by atoms with E-state index in [0.717, 1.165) is 40.1 Å². The van der Waals surface area contributed by atoms with Gasteiger partial charge < -0.3 is 15.0 Å². The summed E-state index contributed by atoms with van der Waals surface area (Å²) in [5, 5.41) is 3.07. The summed E-state index contributed by atoms with van der Waals surface area (Å²) in [5.74, 6) is -0.0885. The number of benzene rings is 2. The molecule has 1 saturated heterocycles. The Labute approximate surface area is 150 Å². The number of nitrogens with zero attached hydrogens (tertiary/aromatic N) is 1. The van der Waals surface area contributed by atoms with Crippen molar-refractivity contribution >= 4 is 33.2 Å². The first-order valence-corrected chi connectivity index (χ1v) is 8.84. The molecule has 0 bridgehead atoms. The van der Waals surface area contributed by atoms with Gasteiger partial charge in [0.05, 0.1) is 24.6 Å². The Morgan fingerprint density at radius 3 is 2.42 bits per heavy atom. The van der Waals surface area contributed by atoms with Gasteiger partial charge >= 0.3 is 0 Å². The van der Waals surface area contributed by atoms with Crippen LogP contribution >= 0.6 is 15.9 Å². The van der Waals surface area contributed by atoms with E-state index in [-0.39, 0.29) is 5.91 Å². The van der Waals surface area contributed by atoms with Crippen molar-refractivity contribution < 1.29 is 9.53 Å². The van der Waals surface area contributed by atoms with Gasteiger partial charge in [0.1, 0.15) is 0 Å². The maximum Gasteiger partial charge on any atom is 0.255 e. The smallest absolute Gasteiger partial charge is 0.255 e. The lowest BCUT2D eigenvalue weighted by Crippen LogP contribution is -2.36. The van der Waals surface area contributed by atoms with Crippen molar-refractivity contribution in [1.82, 2.24) is 0 Å². The van der Waals surface area contributed by atoms with Crippen molar-refractivity contribution in [2.75, 3.05) is 36.5 Å². The van der Waals surface area contributed by atoms with Crippen LogP contribution in [0.4, 0.5) is 11.4 Å². The molecule has 1 amide bonds. The molecule has 1 N–H and O–H groups in total. The molecule has 1 aliphatic rings. The van der Waals surface area contributed by atoms with Crippen molar-refractivity contribution in [3.8, 4) is 0 Å². The van der Waals surface area contributed by atoms with Gasteiger partial charge in [-0.25, -0.2) is 0 Å². The van der Waals surface area contributed by atoms with Crippen LogP contribution in [0.1, 0.15) is 21.5 Å². The quantitative estimate of drug-likeness (QED) is 0.858. The topological polar surface area (TPSA) is 41.6 Å². The minimum atomic E-state index is -0.0885. The summed E-state index contributed by atoms with van der Waals surface area (Å²) in [6, 6.07) is 11.9. The van der Waals surface area contributed by atoms with Crippen LogP contribution in [0.15, 0.2) is 40.9 Å². The summed E-state index contributed by atoms with van der Waals surface area (Å²) in [4.78, 5) is 14.9. The van der Waals surface area contributed by atoms with Gasteiger partial charge in [0.15, 0.2) is 0 Å². The van der Waals surface area contributed by atoms with E-state index < -0.39 is 0 Å². The Hall–Kier alpha value is -1.85. The molecule has 1 aliphatic heterocycles. The number of amides is 1. The minimum Gasteiger partial charge on any atom is -0.378 e. The zero-order chi connectivity index (χ0) is 17.1. The van der Waals surface area contributed by atoms with Crippen molar-refractivity contribution in [2.24, 2.45) is 0 Å². The van der Waals surface area contributed by atoms with Crippen molar-refractivity contribution in [2.45, 2.75) is 13.8 Å². The van der Waals surface area contributed by atoms with Gasteiger partial charge in [-0.3, -0.25) is 4.79 Å². The van der Waals surface area contributed by atoms with Crippen molar-refractivity contribution in [1.29, 1.82) is 0 Å². The molecular weight excluding hydrogens is 368 g/mol. The normalized spacial score (nSPS) is 14.5. The number of hydrogen-bond donors (Lipinski definition) is 1. The van der Waals surface area contributed by atoms with Crippen LogP contribution in [0, 0.1) is 13.8 Å². The fraction of sp³-hybridized carbons (Fsp3) is 0.316. The second kappa shape index (κ2) is 7.36. The van der Waals surface area contributed by atoms with Crippen LogP contribution in [0.25, 0.3) is 0 Å². The van der Waals surface area contributed by atoms with E-state index in [1.54, 1.807) is 0 Å². The molecule has 0 atom stereocenters. The lowest BCUT2D eigenvalue weighted by Gasteiger charge is -2.30. The van der Waals surface area contributed by atoms with E-state index in [1.807, 2.05) is 44.2 Å². The summed E-state index contributed by atoms with van der Waals surface area (Å²) in [5.41, 5.74) is 4.70. The van der Waals surface area contributed by atoms with Crippen LogP contribution in [0.3, 0.4) is 0 Å². The van der Waals surface area contributed by atoms with Crippen LogP contribution in [0.2, 0.25) is 0 Å². The Morgan fingerprint density at radius 2 is 1.75 bits per heavy atom. The SMILES string of the molecule is Cc1cc(C)cc(C(=O)Nc2cc(Br)ccc2N2CCOCC2)c1. The van der Waals surface area contributed by atoms with Gasteiger partial charge in [0, 0.05) is 23.1 Å². The molecule has 5 heteroatoms. The number of halogens is 1. The fourth-order valence-corrected chi connectivity index (χ4v) is 3.35. The predicted molar refractivity (Wildman–Crippen MR) is 101 cm³/mol. The third-order valence-electron chi connectivity index (χ3n) is 4.04. The molecule has 4 nitrogen and oxygen atoms in total. The predicted octanol–water partition coefficient (Wildman–Crippen LogP) is 4.15. The molecule has 1 fully saturated rings. The number of nitrogens with one attached hydrogen (secondary N) is 1. The van der Waals surface area contributed by atoms with Crippen molar-refractivity contribution in [3.05, 3.63) is 57.6 Å². The largest absolute Gasteiger partial charge is 0.378 e.